The SMILES string of the molecule is CC1(C(N)c2ccc3c(c2)OCO3)COC1. The molecule has 1 atom stereocenters. The standard InChI is InChI=1S/C12H15NO3/c1-12(5-14-6-12)11(13)8-2-3-9-10(4-8)16-7-15-9/h2-4,11H,5-7,13H2,1H3. The van der Waals surface area contributed by atoms with Gasteiger partial charge in [0.15, 0.2) is 11.5 Å². The van der Waals surface area contributed by atoms with Crippen LogP contribution in [0.2, 0.25) is 0 Å². The van der Waals surface area contributed by atoms with E-state index < -0.39 is 0 Å². The average Bonchev–Trinajstić information content (AvgIpc) is 2.71. The fraction of sp³-hybridized carbons (Fsp3) is 0.500. The lowest BCUT2D eigenvalue weighted by Crippen LogP contribution is -2.47. The van der Waals surface area contributed by atoms with Crippen molar-refractivity contribution >= 4 is 0 Å². The van der Waals surface area contributed by atoms with Gasteiger partial charge in [0.25, 0.3) is 0 Å². The molecule has 4 nitrogen and oxygen atoms in total. The van der Waals surface area contributed by atoms with E-state index in [1.807, 2.05) is 18.2 Å². The smallest absolute Gasteiger partial charge is 0.231 e. The van der Waals surface area contributed by atoms with Gasteiger partial charge in [-0.3, -0.25) is 0 Å². The Morgan fingerprint density at radius 3 is 2.69 bits per heavy atom. The summed E-state index contributed by atoms with van der Waals surface area (Å²) in [4.78, 5) is 0. The molecule has 0 aliphatic carbocycles. The minimum atomic E-state index is -0.0178. The molecule has 2 heterocycles. The molecule has 2 aliphatic rings. The van der Waals surface area contributed by atoms with Gasteiger partial charge in [-0.25, -0.2) is 0 Å². The normalized spacial score (nSPS) is 22.6. The molecule has 1 aromatic rings. The van der Waals surface area contributed by atoms with E-state index in [1.165, 1.54) is 0 Å². The van der Waals surface area contributed by atoms with Crippen LogP contribution < -0.4 is 15.2 Å². The van der Waals surface area contributed by atoms with Gasteiger partial charge in [-0.05, 0) is 17.7 Å². The average molecular weight is 221 g/mol. The van der Waals surface area contributed by atoms with Crippen molar-refractivity contribution in [2.75, 3.05) is 20.0 Å². The fourth-order valence-corrected chi connectivity index (χ4v) is 2.11. The van der Waals surface area contributed by atoms with Gasteiger partial charge < -0.3 is 19.9 Å². The molecule has 16 heavy (non-hydrogen) atoms. The van der Waals surface area contributed by atoms with Crippen LogP contribution in [0.1, 0.15) is 18.5 Å². The van der Waals surface area contributed by atoms with Crippen molar-refractivity contribution in [3.05, 3.63) is 23.8 Å². The highest BCUT2D eigenvalue weighted by Gasteiger charge is 2.40. The van der Waals surface area contributed by atoms with Crippen LogP contribution in [0.25, 0.3) is 0 Å². The van der Waals surface area contributed by atoms with Gasteiger partial charge in [-0.15, -0.1) is 0 Å². The van der Waals surface area contributed by atoms with Crippen LogP contribution in [-0.2, 0) is 4.74 Å². The Bertz CT molecular complexity index is 415. The first-order chi connectivity index (χ1) is 7.69. The molecule has 86 valence electrons. The number of ether oxygens (including phenoxy) is 3. The summed E-state index contributed by atoms with van der Waals surface area (Å²) in [7, 11) is 0. The van der Waals surface area contributed by atoms with Gasteiger partial charge in [0, 0.05) is 11.5 Å². The number of hydrogen-bond donors (Lipinski definition) is 1. The van der Waals surface area contributed by atoms with Crippen molar-refractivity contribution in [1.29, 1.82) is 0 Å². The number of fused-ring (bicyclic) bond motifs is 1. The number of hydrogen-bond acceptors (Lipinski definition) is 4. The Morgan fingerprint density at radius 1 is 1.25 bits per heavy atom. The van der Waals surface area contributed by atoms with Gasteiger partial charge in [0.05, 0.1) is 13.2 Å². The molecule has 0 radical (unpaired) electrons. The third-order valence-corrected chi connectivity index (χ3v) is 3.37. The Labute approximate surface area is 94.3 Å². The molecule has 3 rings (SSSR count). The van der Waals surface area contributed by atoms with Gasteiger partial charge >= 0.3 is 0 Å². The maximum atomic E-state index is 6.25. The van der Waals surface area contributed by atoms with Gasteiger partial charge in [-0.1, -0.05) is 13.0 Å². The van der Waals surface area contributed by atoms with Crippen LogP contribution in [0.5, 0.6) is 11.5 Å². The molecule has 0 amide bonds. The van der Waals surface area contributed by atoms with E-state index in [-0.39, 0.29) is 11.5 Å². The maximum Gasteiger partial charge on any atom is 0.231 e. The maximum absolute atomic E-state index is 6.25. The van der Waals surface area contributed by atoms with Gasteiger partial charge in [0.2, 0.25) is 6.79 Å². The van der Waals surface area contributed by atoms with Crippen LogP contribution in [0.3, 0.4) is 0 Å². The Balaban J connectivity index is 1.89. The molecule has 1 fully saturated rings. The molecule has 0 spiro atoms. The van der Waals surface area contributed by atoms with E-state index in [9.17, 15) is 0 Å². The Morgan fingerprint density at radius 2 is 2.00 bits per heavy atom. The van der Waals surface area contributed by atoms with Crippen LogP contribution >= 0.6 is 0 Å². The van der Waals surface area contributed by atoms with Gasteiger partial charge in [0.1, 0.15) is 0 Å². The fourth-order valence-electron chi connectivity index (χ4n) is 2.11. The molecule has 1 aromatic carbocycles. The van der Waals surface area contributed by atoms with Crippen LogP contribution in [0, 0.1) is 5.41 Å². The van der Waals surface area contributed by atoms with Crippen LogP contribution in [0.15, 0.2) is 18.2 Å². The highest BCUT2D eigenvalue weighted by molar-refractivity contribution is 5.45. The molecule has 2 aliphatic heterocycles. The first kappa shape index (κ1) is 9.93. The van der Waals surface area contributed by atoms with E-state index in [4.69, 9.17) is 19.9 Å². The van der Waals surface area contributed by atoms with E-state index in [2.05, 4.69) is 6.92 Å². The van der Waals surface area contributed by atoms with Gasteiger partial charge in [-0.2, -0.15) is 0 Å². The second-order valence-corrected chi connectivity index (χ2v) is 4.74. The van der Waals surface area contributed by atoms with E-state index in [1.54, 1.807) is 0 Å². The molecule has 1 unspecified atom stereocenters. The van der Waals surface area contributed by atoms with E-state index in [0.29, 0.717) is 6.79 Å². The lowest BCUT2D eigenvalue weighted by Gasteiger charge is -2.42. The molecular weight excluding hydrogens is 206 g/mol. The van der Waals surface area contributed by atoms with Crippen molar-refractivity contribution in [3.63, 3.8) is 0 Å². The van der Waals surface area contributed by atoms with Crippen LogP contribution in [-0.4, -0.2) is 20.0 Å². The van der Waals surface area contributed by atoms with Crippen molar-refractivity contribution in [2.24, 2.45) is 11.1 Å². The molecule has 2 N–H and O–H groups in total. The summed E-state index contributed by atoms with van der Waals surface area (Å²) in [5.41, 5.74) is 7.38. The second-order valence-electron chi connectivity index (χ2n) is 4.74. The third-order valence-electron chi connectivity index (χ3n) is 3.37. The zero-order valence-electron chi connectivity index (χ0n) is 9.23. The predicted octanol–water partition coefficient (Wildman–Crippen LogP) is 1.45. The molecule has 0 bridgehead atoms. The Kier molecular flexibility index (Phi) is 2.09. The zero-order valence-corrected chi connectivity index (χ0v) is 9.23. The van der Waals surface area contributed by atoms with Crippen LogP contribution in [0.4, 0.5) is 0 Å². The van der Waals surface area contributed by atoms with Crippen molar-refractivity contribution in [2.45, 2.75) is 13.0 Å². The van der Waals surface area contributed by atoms with Crippen molar-refractivity contribution < 1.29 is 14.2 Å². The molecule has 4 heteroatoms. The summed E-state index contributed by atoms with van der Waals surface area (Å²) in [5, 5.41) is 0. The molecule has 0 saturated carbocycles. The Hall–Kier alpha value is -1.26. The summed E-state index contributed by atoms with van der Waals surface area (Å²) >= 11 is 0. The summed E-state index contributed by atoms with van der Waals surface area (Å²) in [6.45, 7) is 3.89. The highest BCUT2D eigenvalue weighted by atomic mass is 16.7. The minimum Gasteiger partial charge on any atom is -0.454 e. The summed E-state index contributed by atoms with van der Waals surface area (Å²) < 4.78 is 15.9. The lowest BCUT2D eigenvalue weighted by molar-refractivity contribution is -0.115. The highest BCUT2D eigenvalue weighted by Crippen LogP contribution is 2.41. The quantitative estimate of drug-likeness (QED) is 0.821. The topological polar surface area (TPSA) is 53.7 Å². The molecule has 1 saturated heterocycles. The number of benzene rings is 1. The first-order valence-corrected chi connectivity index (χ1v) is 5.42. The number of rotatable bonds is 2. The van der Waals surface area contributed by atoms with E-state index in [0.717, 1.165) is 30.3 Å². The summed E-state index contributed by atoms with van der Waals surface area (Å²) in [5.74, 6) is 1.59. The molecular formula is C12H15NO3. The minimum absolute atomic E-state index is 0.0178. The monoisotopic (exact) mass is 221 g/mol. The van der Waals surface area contributed by atoms with Crippen molar-refractivity contribution in [1.82, 2.24) is 0 Å². The largest absolute Gasteiger partial charge is 0.454 e. The number of nitrogens with two attached hydrogens (primary N) is 1. The third kappa shape index (κ3) is 1.37. The van der Waals surface area contributed by atoms with E-state index >= 15 is 0 Å². The lowest BCUT2D eigenvalue weighted by atomic mass is 9.77. The predicted molar refractivity (Wildman–Crippen MR) is 58.4 cm³/mol. The summed E-state index contributed by atoms with van der Waals surface area (Å²) in [6.07, 6.45) is 0. The zero-order chi connectivity index (χ0) is 11.2. The molecule has 0 aromatic heterocycles. The first-order valence-electron chi connectivity index (χ1n) is 5.42. The second kappa shape index (κ2) is 3.37. The van der Waals surface area contributed by atoms with Crippen molar-refractivity contribution in [3.8, 4) is 11.5 Å². The summed E-state index contributed by atoms with van der Waals surface area (Å²) in [6, 6.07) is 5.87.